The van der Waals surface area contributed by atoms with Crippen molar-refractivity contribution in [2.24, 2.45) is 0 Å². The van der Waals surface area contributed by atoms with Gasteiger partial charge in [0.2, 0.25) is 0 Å². The lowest BCUT2D eigenvalue weighted by Crippen LogP contribution is -2.42. The number of carboxylic acid groups (broad SMARTS) is 2. The van der Waals surface area contributed by atoms with Crippen molar-refractivity contribution in [1.29, 1.82) is 0 Å². The lowest BCUT2D eigenvalue weighted by atomic mass is 10.2. The molecule has 8 nitrogen and oxygen atoms in total. The number of rotatable bonds is 10. The van der Waals surface area contributed by atoms with Gasteiger partial charge in [0.25, 0.3) is 0 Å². The smallest absolute Gasteiger partial charge is 0.321 e. The highest BCUT2D eigenvalue weighted by Gasteiger charge is 2.19. The number of nitrogens with one attached hydrogen (secondary N) is 1. The summed E-state index contributed by atoms with van der Waals surface area (Å²) >= 11 is 0. The SMILES string of the molecule is CN(CCNC(CC(=O)O)C(=O)O)CCC(O)O. The molecule has 0 saturated heterocycles. The zero-order valence-electron chi connectivity index (χ0n) is 10.2. The van der Waals surface area contributed by atoms with E-state index in [4.69, 9.17) is 20.4 Å². The molecule has 0 radical (unpaired) electrons. The van der Waals surface area contributed by atoms with E-state index in [1.807, 2.05) is 0 Å². The highest BCUT2D eigenvalue weighted by Crippen LogP contribution is 1.94. The minimum absolute atomic E-state index is 0.202. The van der Waals surface area contributed by atoms with E-state index >= 15 is 0 Å². The fraction of sp³-hybridized carbons (Fsp3) is 0.800. The third-order valence-electron chi connectivity index (χ3n) is 2.33. The summed E-state index contributed by atoms with van der Waals surface area (Å²) in [6, 6.07) is -1.11. The maximum atomic E-state index is 10.7. The van der Waals surface area contributed by atoms with Crippen molar-refractivity contribution in [3.8, 4) is 0 Å². The molecule has 0 aromatic rings. The number of carboxylic acids is 2. The minimum Gasteiger partial charge on any atom is -0.481 e. The van der Waals surface area contributed by atoms with Crippen molar-refractivity contribution < 1.29 is 30.0 Å². The molecule has 0 aliphatic carbocycles. The molecule has 18 heavy (non-hydrogen) atoms. The van der Waals surface area contributed by atoms with Crippen molar-refractivity contribution in [1.82, 2.24) is 10.2 Å². The van der Waals surface area contributed by atoms with E-state index in [1.165, 1.54) is 0 Å². The van der Waals surface area contributed by atoms with Crippen LogP contribution in [0.3, 0.4) is 0 Å². The lowest BCUT2D eigenvalue weighted by molar-refractivity contribution is -0.145. The van der Waals surface area contributed by atoms with Gasteiger partial charge in [-0.25, -0.2) is 0 Å². The second-order valence-electron chi connectivity index (χ2n) is 4.02. The van der Waals surface area contributed by atoms with E-state index in [0.717, 1.165) is 0 Å². The Morgan fingerprint density at radius 1 is 1.22 bits per heavy atom. The second kappa shape index (κ2) is 8.81. The average Bonchev–Trinajstić information content (AvgIpc) is 2.24. The van der Waals surface area contributed by atoms with Gasteiger partial charge >= 0.3 is 11.9 Å². The van der Waals surface area contributed by atoms with E-state index in [1.54, 1.807) is 11.9 Å². The summed E-state index contributed by atoms with van der Waals surface area (Å²) in [5.74, 6) is -2.38. The molecule has 0 aromatic carbocycles. The summed E-state index contributed by atoms with van der Waals surface area (Å²) in [6.45, 7) is 1.24. The first-order valence-corrected chi connectivity index (χ1v) is 5.55. The average molecular weight is 264 g/mol. The Hall–Kier alpha value is -1.22. The van der Waals surface area contributed by atoms with Crippen LogP contribution in [-0.4, -0.2) is 76.3 Å². The molecule has 0 amide bonds. The van der Waals surface area contributed by atoms with Crippen molar-refractivity contribution in [3.05, 3.63) is 0 Å². The van der Waals surface area contributed by atoms with E-state index in [2.05, 4.69) is 5.32 Å². The van der Waals surface area contributed by atoms with Crippen molar-refractivity contribution in [2.75, 3.05) is 26.7 Å². The van der Waals surface area contributed by atoms with Gasteiger partial charge in [0.1, 0.15) is 6.04 Å². The van der Waals surface area contributed by atoms with Gasteiger partial charge < -0.3 is 30.6 Å². The van der Waals surface area contributed by atoms with Crippen LogP contribution in [-0.2, 0) is 9.59 Å². The summed E-state index contributed by atoms with van der Waals surface area (Å²) in [5, 5.41) is 37.2. The molecule has 0 rings (SSSR count). The number of hydrogen-bond acceptors (Lipinski definition) is 6. The number of aliphatic carboxylic acids is 2. The molecular formula is C10H20N2O6. The van der Waals surface area contributed by atoms with E-state index in [0.29, 0.717) is 19.6 Å². The summed E-state index contributed by atoms with van der Waals surface area (Å²) in [4.78, 5) is 22.9. The first-order valence-electron chi connectivity index (χ1n) is 5.55. The number of hydrogen-bond donors (Lipinski definition) is 5. The maximum absolute atomic E-state index is 10.7. The lowest BCUT2D eigenvalue weighted by Gasteiger charge is -2.19. The molecule has 0 aliphatic heterocycles. The molecule has 1 atom stereocenters. The van der Waals surface area contributed by atoms with Gasteiger partial charge in [-0.2, -0.15) is 0 Å². The molecule has 0 aromatic heterocycles. The predicted octanol–water partition coefficient (Wildman–Crippen LogP) is -1.86. The van der Waals surface area contributed by atoms with E-state index < -0.39 is 30.7 Å². The van der Waals surface area contributed by atoms with Crippen LogP contribution in [0.15, 0.2) is 0 Å². The largest absolute Gasteiger partial charge is 0.481 e. The number of nitrogens with zero attached hydrogens (tertiary/aromatic N) is 1. The normalized spacial score (nSPS) is 12.9. The number of carbonyl (C=O) groups is 2. The Balaban J connectivity index is 3.84. The van der Waals surface area contributed by atoms with Gasteiger partial charge in [0.05, 0.1) is 6.42 Å². The van der Waals surface area contributed by atoms with Crippen molar-refractivity contribution in [2.45, 2.75) is 25.2 Å². The molecule has 0 aliphatic rings. The molecule has 5 N–H and O–H groups in total. The monoisotopic (exact) mass is 264 g/mol. The molecule has 1 unspecified atom stereocenters. The second-order valence-corrected chi connectivity index (χ2v) is 4.02. The molecule has 0 fully saturated rings. The third kappa shape index (κ3) is 8.88. The fourth-order valence-electron chi connectivity index (χ4n) is 1.30. The van der Waals surface area contributed by atoms with Crippen LogP contribution in [0, 0.1) is 0 Å². The molecular weight excluding hydrogens is 244 g/mol. The van der Waals surface area contributed by atoms with Crippen LogP contribution < -0.4 is 5.32 Å². The molecule has 0 saturated carbocycles. The Morgan fingerprint density at radius 2 is 1.83 bits per heavy atom. The molecule has 8 heteroatoms. The Labute approximate surface area is 105 Å². The molecule has 106 valence electrons. The van der Waals surface area contributed by atoms with Gasteiger partial charge in [-0.1, -0.05) is 0 Å². The summed E-state index contributed by atoms with van der Waals surface area (Å²) < 4.78 is 0. The Morgan fingerprint density at radius 3 is 2.28 bits per heavy atom. The molecule has 0 spiro atoms. The zero-order chi connectivity index (χ0) is 14.1. The zero-order valence-corrected chi connectivity index (χ0v) is 10.2. The first-order chi connectivity index (χ1) is 8.32. The molecule has 0 heterocycles. The van der Waals surface area contributed by atoms with Gasteiger partial charge in [-0.3, -0.25) is 9.59 Å². The van der Waals surface area contributed by atoms with Gasteiger partial charge in [0, 0.05) is 26.1 Å². The van der Waals surface area contributed by atoms with Gasteiger partial charge in [-0.05, 0) is 7.05 Å². The van der Waals surface area contributed by atoms with Crippen LogP contribution in [0.5, 0.6) is 0 Å². The predicted molar refractivity (Wildman–Crippen MR) is 62.0 cm³/mol. The summed E-state index contributed by atoms with van der Waals surface area (Å²) in [7, 11) is 1.75. The standard InChI is InChI=1S/C10H20N2O6/c1-12(4-2-8(13)14)5-3-11-7(10(17)18)6-9(15)16/h7-8,11,13-14H,2-6H2,1H3,(H,15,16)(H,17,18). The highest BCUT2D eigenvalue weighted by molar-refractivity contribution is 5.80. The van der Waals surface area contributed by atoms with Crippen LogP contribution in [0.1, 0.15) is 12.8 Å². The number of aliphatic hydroxyl groups excluding tert-OH is 1. The maximum Gasteiger partial charge on any atom is 0.321 e. The van der Waals surface area contributed by atoms with Gasteiger partial charge in [-0.15, -0.1) is 0 Å². The van der Waals surface area contributed by atoms with Crippen LogP contribution in [0.2, 0.25) is 0 Å². The van der Waals surface area contributed by atoms with Crippen LogP contribution in [0.25, 0.3) is 0 Å². The van der Waals surface area contributed by atoms with Crippen LogP contribution in [0.4, 0.5) is 0 Å². The fourth-order valence-corrected chi connectivity index (χ4v) is 1.30. The van der Waals surface area contributed by atoms with Crippen molar-refractivity contribution in [3.63, 3.8) is 0 Å². The minimum atomic E-state index is -1.36. The summed E-state index contributed by atoms with van der Waals surface area (Å²) in [6.07, 6.45) is -1.64. The van der Waals surface area contributed by atoms with Gasteiger partial charge in [0.15, 0.2) is 6.29 Å². The van der Waals surface area contributed by atoms with Crippen molar-refractivity contribution >= 4 is 11.9 Å². The van der Waals surface area contributed by atoms with E-state index in [9.17, 15) is 9.59 Å². The quantitative estimate of drug-likeness (QED) is 0.290. The number of likely N-dealkylation sites (N-methyl/N-ethyl adjacent to an activating group) is 1. The highest BCUT2D eigenvalue weighted by atomic mass is 16.5. The Bertz CT molecular complexity index is 271. The first kappa shape index (κ1) is 16.8. The van der Waals surface area contributed by atoms with E-state index in [-0.39, 0.29) is 6.42 Å². The Kier molecular flexibility index (Phi) is 8.21. The summed E-state index contributed by atoms with van der Waals surface area (Å²) in [5.41, 5.74) is 0. The molecule has 0 bridgehead atoms. The van der Waals surface area contributed by atoms with Crippen LogP contribution >= 0.6 is 0 Å². The topological polar surface area (TPSA) is 130 Å². The number of aliphatic hydroxyl groups is 2. The third-order valence-corrected chi connectivity index (χ3v) is 2.33.